The molecule has 0 saturated heterocycles. The van der Waals surface area contributed by atoms with Gasteiger partial charge in [-0.25, -0.2) is 0 Å². The molecule has 4 rings (SSSR count). The number of nitrogens with one attached hydrogen (secondary N) is 1. The minimum atomic E-state index is 0. The third kappa shape index (κ3) is 4.19. The van der Waals surface area contributed by atoms with Crippen LogP contribution in [0.3, 0.4) is 0 Å². The Morgan fingerprint density at radius 1 is 1.22 bits per heavy atom. The molecule has 27 heavy (non-hydrogen) atoms. The molecule has 3 N–H and O–H groups in total. The molecule has 2 bridgehead atoms. The van der Waals surface area contributed by atoms with E-state index in [1.165, 1.54) is 24.8 Å². The second-order valence-electron chi connectivity index (χ2n) is 7.97. The molecule has 146 valence electrons. The molecule has 2 aliphatic carbocycles. The largest absolute Gasteiger partial charge is 0.349 e. The molecule has 1 aromatic heterocycles. The summed E-state index contributed by atoms with van der Waals surface area (Å²) in [6.07, 6.45) is 7.41. The molecular formula is C21H29ClN4O. The highest BCUT2D eigenvalue weighted by Gasteiger charge is 2.40. The first-order chi connectivity index (χ1) is 12.6. The molecule has 5 nitrogen and oxygen atoms in total. The van der Waals surface area contributed by atoms with Gasteiger partial charge in [-0.3, -0.25) is 9.48 Å². The molecule has 0 spiro atoms. The number of nitrogens with two attached hydrogens (primary N) is 1. The number of rotatable bonds is 4. The fraction of sp³-hybridized carbons (Fsp3) is 0.524. The molecule has 2 saturated carbocycles. The Kier molecular flexibility index (Phi) is 6.22. The molecule has 6 heteroatoms. The molecule has 2 unspecified atom stereocenters. The van der Waals surface area contributed by atoms with Gasteiger partial charge in [-0.15, -0.1) is 12.4 Å². The zero-order chi connectivity index (χ0) is 18.1. The lowest BCUT2D eigenvalue weighted by Crippen LogP contribution is -2.53. The van der Waals surface area contributed by atoms with Crippen LogP contribution in [-0.4, -0.2) is 27.8 Å². The van der Waals surface area contributed by atoms with E-state index in [4.69, 9.17) is 5.73 Å². The highest BCUT2D eigenvalue weighted by Crippen LogP contribution is 2.39. The third-order valence-corrected chi connectivity index (χ3v) is 6.20. The van der Waals surface area contributed by atoms with Crippen LogP contribution in [0.25, 0.3) is 0 Å². The molecular weight excluding hydrogens is 360 g/mol. The number of aromatic nitrogens is 2. The van der Waals surface area contributed by atoms with Crippen molar-refractivity contribution >= 4 is 18.3 Å². The van der Waals surface area contributed by atoms with Crippen molar-refractivity contribution in [2.24, 2.45) is 17.6 Å². The summed E-state index contributed by atoms with van der Waals surface area (Å²) in [6.45, 7) is 2.66. The van der Waals surface area contributed by atoms with Crippen molar-refractivity contribution in [3.05, 3.63) is 53.3 Å². The van der Waals surface area contributed by atoms with Gasteiger partial charge in [0.05, 0.1) is 18.3 Å². The summed E-state index contributed by atoms with van der Waals surface area (Å²) >= 11 is 0. The minimum absolute atomic E-state index is 0. The van der Waals surface area contributed by atoms with Crippen molar-refractivity contribution in [2.45, 2.75) is 57.7 Å². The van der Waals surface area contributed by atoms with Crippen molar-refractivity contribution in [1.82, 2.24) is 15.1 Å². The van der Waals surface area contributed by atoms with E-state index in [1.54, 1.807) is 6.20 Å². The first-order valence-corrected chi connectivity index (χ1v) is 9.74. The number of benzene rings is 1. The molecule has 2 aromatic rings. The fourth-order valence-corrected chi connectivity index (χ4v) is 4.84. The van der Waals surface area contributed by atoms with Gasteiger partial charge in [0, 0.05) is 17.8 Å². The average Bonchev–Trinajstić information content (AvgIpc) is 2.97. The number of carbonyl (C=O) groups excluding carboxylic acids is 1. The summed E-state index contributed by atoms with van der Waals surface area (Å²) in [4.78, 5) is 12.9. The van der Waals surface area contributed by atoms with Crippen LogP contribution in [0.4, 0.5) is 0 Å². The summed E-state index contributed by atoms with van der Waals surface area (Å²) in [7, 11) is 0. The lowest BCUT2D eigenvalue weighted by atomic mass is 9.67. The SMILES string of the molecule is Cc1c(C(=O)NC2C3CCCC2CC(N)C3)cnn1Cc1ccccc1.Cl. The van der Waals surface area contributed by atoms with E-state index < -0.39 is 0 Å². The Morgan fingerprint density at radius 3 is 2.56 bits per heavy atom. The standard InChI is InChI=1S/C21H28N4O.ClH/c1-14-19(12-23-25(14)13-15-6-3-2-4-7-15)21(26)24-20-16-8-5-9-17(20)11-18(22)10-16;/h2-4,6-7,12,16-18,20H,5,8-11,13,22H2,1H3,(H,24,26);1H. The van der Waals surface area contributed by atoms with E-state index in [1.807, 2.05) is 29.8 Å². The monoisotopic (exact) mass is 388 g/mol. The number of hydrogen-bond donors (Lipinski definition) is 2. The lowest BCUT2D eigenvalue weighted by Gasteiger charge is -2.45. The van der Waals surface area contributed by atoms with Gasteiger partial charge in [0.2, 0.25) is 0 Å². The fourth-order valence-electron chi connectivity index (χ4n) is 4.84. The smallest absolute Gasteiger partial charge is 0.254 e. The molecule has 1 heterocycles. The highest BCUT2D eigenvalue weighted by atomic mass is 35.5. The Labute approximate surface area is 167 Å². The first kappa shape index (κ1) is 19.9. The minimum Gasteiger partial charge on any atom is -0.349 e. The maximum atomic E-state index is 12.9. The predicted molar refractivity (Wildman–Crippen MR) is 109 cm³/mol. The molecule has 2 fully saturated rings. The molecule has 2 aliphatic rings. The Bertz CT molecular complexity index is 762. The number of carbonyl (C=O) groups is 1. The van der Waals surface area contributed by atoms with Crippen LogP contribution in [0.1, 0.15) is 53.7 Å². The normalized spacial score (nSPS) is 26.9. The van der Waals surface area contributed by atoms with Crippen LogP contribution < -0.4 is 11.1 Å². The van der Waals surface area contributed by atoms with E-state index >= 15 is 0 Å². The van der Waals surface area contributed by atoms with Gasteiger partial charge in [0.25, 0.3) is 5.91 Å². The van der Waals surface area contributed by atoms with Crippen molar-refractivity contribution in [3.8, 4) is 0 Å². The second kappa shape index (κ2) is 8.44. The summed E-state index contributed by atoms with van der Waals surface area (Å²) < 4.78 is 1.90. The summed E-state index contributed by atoms with van der Waals surface area (Å²) in [5.41, 5.74) is 8.99. The van der Waals surface area contributed by atoms with E-state index in [9.17, 15) is 4.79 Å². The summed E-state index contributed by atoms with van der Waals surface area (Å²) in [6, 6.07) is 10.8. The van der Waals surface area contributed by atoms with Crippen LogP contribution in [0, 0.1) is 18.8 Å². The molecule has 0 radical (unpaired) electrons. The van der Waals surface area contributed by atoms with E-state index in [-0.39, 0.29) is 24.4 Å². The maximum absolute atomic E-state index is 12.9. The van der Waals surface area contributed by atoms with Crippen molar-refractivity contribution < 1.29 is 4.79 Å². The third-order valence-electron chi connectivity index (χ3n) is 6.20. The summed E-state index contributed by atoms with van der Waals surface area (Å²) in [5, 5.41) is 7.77. The van der Waals surface area contributed by atoms with Crippen LogP contribution in [0.15, 0.2) is 36.5 Å². The zero-order valence-corrected chi connectivity index (χ0v) is 16.6. The van der Waals surface area contributed by atoms with Gasteiger partial charge < -0.3 is 11.1 Å². The molecule has 0 aliphatic heterocycles. The summed E-state index contributed by atoms with van der Waals surface area (Å²) in [5.74, 6) is 1.07. The number of halogens is 1. The number of fused-ring (bicyclic) bond motifs is 2. The van der Waals surface area contributed by atoms with Crippen molar-refractivity contribution in [2.75, 3.05) is 0 Å². The second-order valence-corrected chi connectivity index (χ2v) is 7.97. The van der Waals surface area contributed by atoms with E-state index in [0.29, 0.717) is 30.0 Å². The molecule has 2 atom stereocenters. The van der Waals surface area contributed by atoms with Gasteiger partial charge in [-0.2, -0.15) is 5.10 Å². The average molecular weight is 389 g/mol. The van der Waals surface area contributed by atoms with Crippen molar-refractivity contribution in [3.63, 3.8) is 0 Å². The Morgan fingerprint density at radius 2 is 1.89 bits per heavy atom. The number of hydrogen-bond acceptors (Lipinski definition) is 3. The zero-order valence-electron chi connectivity index (χ0n) is 15.8. The van der Waals surface area contributed by atoms with Gasteiger partial charge in [0.15, 0.2) is 0 Å². The maximum Gasteiger partial charge on any atom is 0.254 e. The lowest BCUT2D eigenvalue weighted by molar-refractivity contribution is 0.0755. The van der Waals surface area contributed by atoms with E-state index in [0.717, 1.165) is 18.5 Å². The highest BCUT2D eigenvalue weighted by molar-refractivity contribution is 5.95. The molecule has 1 amide bonds. The topological polar surface area (TPSA) is 72.9 Å². The van der Waals surface area contributed by atoms with Crippen LogP contribution in [0.2, 0.25) is 0 Å². The molecule has 1 aromatic carbocycles. The Balaban J connectivity index is 0.00000210. The Hall–Kier alpha value is -1.85. The van der Waals surface area contributed by atoms with E-state index in [2.05, 4.69) is 22.5 Å². The van der Waals surface area contributed by atoms with Gasteiger partial charge >= 0.3 is 0 Å². The number of nitrogens with zero attached hydrogens (tertiary/aromatic N) is 2. The van der Waals surface area contributed by atoms with Gasteiger partial charge in [-0.1, -0.05) is 36.8 Å². The van der Waals surface area contributed by atoms with Gasteiger partial charge in [0.1, 0.15) is 0 Å². The van der Waals surface area contributed by atoms with Crippen LogP contribution in [0.5, 0.6) is 0 Å². The van der Waals surface area contributed by atoms with Crippen LogP contribution in [-0.2, 0) is 6.54 Å². The predicted octanol–water partition coefficient (Wildman–Crippen LogP) is 3.30. The quantitative estimate of drug-likeness (QED) is 0.843. The first-order valence-electron chi connectivity index (χ1n) is 9.74. The van der Waals surface area contributed by atoms with Crippen molar-refractivity contribution in [1.29, 1.82) is 0 Å². The van der Waals surface area contributed by atoms with Crippen LogP contribution >= 0.6 is 12.4 Å². The van der Waals surface area contributed by atoms with Gasteiger partial charge in [-0.05, 0) is 50.0 Å². The number of amides is 1.